The summed E-state index contributed by atoms with van der Waals surface area (Å²) in [4.78, 5) is 0. The van der Waals surface area contributed by atoms with E-state index < -0.39 is 0 Å². The molecule has 0 spiro atoms. The van der Waals surface area contributed by atoms with E-state index in [-0.39, 0.29) is 11.6 Å². The molecule has 0 aliphatic heterocycles. The predicted octanol–water partition coefficient (Wildman–Crippen LogP) is 2.13. The van der Waals surface area contributed by atoms with Crippen molar-refractivity contribution in [3.8, 4) is 5.75 Å². The lowest BCUT2D eigenvalue weighted by Crippen LogP contribution is -2.55. The summed E-state index contributed by atoms with van der Waals surface area (Å²) in [5.41, 5.74) is 7.40. The molecular formula is C14H21NO2. The van der Waals surface area contributed by atoms with Crippen LogP contribution in [0.3, 0.4) is 0 Å². The number of hydrogen-bond donors (Lipinski definition) is 1. The summed E-state index contributed by atoms with van der Waals surface area (Å²) in [6, 6.07) is 8.14. The average Bonchev–Trinajstić information content (AvgIpc) is 2.28. The lowest BCUT2D eigenvalue weighted by Gasteiger charge is -2.45. The van der Waals surface area contributed by atoms with Gasteiger partial charge in [-0.15, -0.1) is 0 Å². The van der Waals surface area contributed by atoms with Gasteiger partial charge in [-0.1, -0.05) is 12.1 Å². The minimum Gasteiger partial charge on any atom is -0.497 e. The van der Waals surface area contributed by atoms with Gasteiger partial charge in [-0.25, -0.2) is 0 Å². The smallest absolute Gasteiger partial charge is 0.119 e. The van der Waals surface area contributed by atoms with Crippen LogP contribution < -0.4 is 10.5 Å². The molecule has 1 aromatic carbocycles. The Morgan fingerprint density at radius 3 is 2.65 bits per heavy atom. The predicted molar refractivity (Wildman–Crippen MR) is 68.3 cm³/mol. The van der Waals surface area contributed by atoms with Gasteiger partial charge in [0, 0.05) is 13.2 Å². The third-order valence-corrected chi connectivity index (χ3v) is 3.87. The number of methoxy groups -OCH3 is 2. The van der Waals surface area contributed by atoms with E-state index in [4.69, 9.17) is 15.2 Å². The van der Waals surface area contributed by atoms with Crippen molar-refractivity contribution in [1.82, 2.24) is 0 Å². The van der Waals surface area contributed by atoms with E-state index in [2.05, 4.69) is 6.07 Å². The Morgan fingerprint density at radius 2 is 2.12 bits per heavy atom. The highest BCUT2D eigenvalue weighted by Crippen LogP contribution is 2.38. The number of benzene rings is 1. The Labute approximate surface area is 103 Å². The van der Waals surface area contributed by atoms with Crippen LogP contribution in [0.4, 0.5) is 0 Å². The van der Waals surface area contributed by atoms with E-state index in [9.17, 15) is 0 Å². The van der Waals surface area contributed by atoms with Gasteiger partial charge in [-0.2, -0.15) is 0 Å². The van der Waals surface area contributed by atoms with Crippen molar-refractivity contribution in [1.29, 1.82) is 0 Å². The topological polar surface area (TPSA) is 44.5 Å². The SMILES string of the molecule is COc1cccc(CC(N)C2(OC)CCC2)c1. The first-order valence-electron chi connectivity index (χ1n) is 6.14. The zero-order valence-corrected chi connectivity index (χ0v) is 10.6. The van der Waals surface area contributed by atoms with E-state index in [1.54, 1.807) is 14.2 Å². The van der Waals surface area contributed by atoms with E-state index in [0.717, 1.165) is 25.0 Å². The van der Waals surface area contributed by atoms with Gasteiger partial charge in [0.15, 0.2) is 0 Å². The van der Waals surface area contributed by atoms with Crippen LogP contribution >= 0.6 is 0 Å². The molecule has 1 fully saturated rings. The first-order valence-corrected chi connectivity index (χ1v) is 6.14. The Balaban J connectivity index is 2.04. The fourth-order valence-electron chi connectivity index (χ4n) is 2.49. The Kier molecular flexibility index (Phi) is 3.69. The van der Waals surface area contributed by atoms with Crippen LogP contribution in [0.15, 0.2) is 24.3 Å². The molecule has 1 aliphatic rings. The summed E-state index contributed by atoms with van der Waals surface area (Å²) in [6.07, 6.45) is 4.22. The molecule has 94 valence electrons. The van der Waals surface area contributed by atoms with E-state index in [0.29, 0.717) is 0 Å². The normalized spacial score (nSPS) is 19.5. The van der Waals surface area contributed by atoms with Gasteiger partial charge in [0.1, 0.15) is 5.75 Å². The minimum absolute atomic E-state index is 0.0633. The largest absolute Gasteiger partial charge is 0.497 e. The zero-order chi connectivity index (χ0) is 12.3. The standard InChI is InChI=1S/C14H21NO2/c1-16-12-6-3-5-11(9-12)10-13(15)14(17-2)7-4-8-14/h3,5-6,9,13H,4,7-8,10,15H2,1-2H3. The summed E-state index contributed by atoms with van der Waals surface area (Å²) < 4.78 is 10.8. The third-order valence-electron chi connectivity index (χ3n) is 3.87. The fraction of sp³-hybridized carbons (Fsp3) is 0.571. The molecule has 17 heavy (non-hydrogen) atoms. The van der Waals surface area contributed by atoms with Gasteiger partial charge in [-0.3, -0.25) is 0 Å². The average molecular weight is 235 g/mol. The van der Waals surface area contributed by atoms with Crippen LogP contribution in [0, 0.1) is 0 Å². The third kappa shape index (κ3) is 2.45. The van der Waals surface area contributed by atoms with Crippen molar-refractivity contribution in [2.45, 2.75) is 37.3 Å². The van der Waals surface area contributed by atoms with Crippen LogP contribution in [0.25, 0.3) is 0 Å². The van der Waals surface area contributed by atoms with E-state index >= 15 is 0 Å². The molecule has 0 radical (unpaired) electrons. The fourth-order valence-corrected chi connectivity index (χ4v) is 2.49. The highest BCUT2D eigenvalue weighted by molar-refractivity contribution is 5.29. The summed E-state index contributed by atoms with van der Waals surface area (Å²) in [5.74, 6) is 0.884. The van der Waals surface area contributed by atoms with Crippen molar-refractivity contribution in [3.63, 3.8) is 0 Å². The number of ether oxygens (including phenoxy) is 2. The van der Waals surface area contributed by atoms with E-state index in [1.807, 2.05) is 18.2 Å². The lowest BCUT2D eigenvalue weighted by atomic mass is 9.73. The van der Waals surface area contributed by atoms with Crippen LogP contribution in [0.2, 0.25) is 0 Å². The summed E-state index contributed by atoms with van der Waals surface area (Å²) in [5, 5.41) is 0. The molecule has 3 heteroatoms. The Hall–Kier alpha value is -1.06. The van der Waals surface area contributed by atoms with Gasteiger partial charge in [-0.05, 0) is 43.4 Å². The molecule has 2 N–H and O–H groups in total. The number of hydrogen-bond acceptors (Lipinski definition) is 3. The van der Waals surface area contributed by atoms with Crippen LogP contribution in [0.5, 0.6) is 5.75 Å². The highest BCUT2D eigenvalue weighted by atomic mass is 16.5. The molecule has 0 aromatic heterocycles. The van der Waals surface area contributed by atoms with Gasteiger partial charge < -0.3 is 15.2 Å². The molecule has 1 atom stereocenters. The second kappa shape index (κ2) is 5.07. The number of nitrogens with two attached hydrogens (primary N) is 1. The van der Waals surface area contributed by atoms with Gasteiger partial charge in [0.05, 0.1) is 12.7 Å². The molecule has 1 aromatic rings. The molecule has 1 aliphatic carbocycles. The maximum atomic E-state index is 6.28. The van der Waals surface area contributed by atoms with Crippen LogP contribution in [-0.4, -0.2) is 25.9 Å². The molecule has 1 saturated carbocycles. The first-order chi connectivity index (χ1) is 8.20. The van der Waals surface area contributed by atoms with Gasteiger partial charge in [0.25, 0.3) is 0 Å². The monoisotopic (exact) mass is 235 g/mol. The Morgan fingerprint density at radius 1 is 1.35 bits per heavy atom. The first kappa shape index (κ1) is 12.4. The van der Waals surface area contributed by atoms with Crippen LogP contribution in [-0.2, 0) is 11.2 Å². The maximum absolute atomic E-state index is 6.28. The summed E-state index contributed by atoms with van der Waals surface area (Å²) in [7, 11) is 3.45. The maximum Gasteiger partial charge on any atom is 0.119 e. The molecule has 0 saturated heterocycles. The van der Waals surface area contributed by atoms with Crippen molar-refractivity contribution in [3.05, 3.63) is 29.8 Å². The number of rotatable bonds is 5. The van der Waals surface area contributed by atoms with Gasteiger partial charge >= 0.3 is 0 Å². The van der Waals surface area contributed by atoms with E-state index in [1.165, 1.54) is 12.0 Å². The second-order valence-electron chi connectivity index (χ2n) is 4.78. The van der Waals surface area contributed by atoms with Crippen molar-refractivity contribution in [2.75, 3.05) is 14.2 Å². The van der Waals surface area contributed by atoms with Gasteiger partial charge in [0.2, 0.25) is 0 Å². The zero-order valence-electron chi connectivity index (χ0n) is 10.6. The molecule has 3 nitrogen and oxygen atoms in total. The summed E-state index contributed by atoms with van der Waals surface area (Å²) >= 11 is 0. The van der Waals surface area contributed by atoms with Crippen molar-refractivity contribution < 1.29 is 9.47 Å². The van der Waals surface area contributed by atoms with Crippen LogP contribution in [0.1, 0.15) is 24.8 Å². The molecule has 0 heterocycles. The molecular weight excluding hydrogens is 214 g/mol. The second-order valence-corrected chi connectivity index (χ2v) is 4.78. The molecule has 2 rings (SSSR count). The lowest BCUT2D eigenvalue weighted by molar-refractivity contribution is -0.0897. The highest BCUT2D eigenvalue weighted by Gasteiger charge is 2.42. The summed E-state index contributed by atoms with van der Waals surface area (Å²) in [6.45, 7) is 0. The minimum atomic E-state index is -0.0942. The molecule has 0 amide bonds. The molecule has 1 unspecified atom stereocenters. The Bertz CT molecular complexity index is 369. The van der Waals surface area contributed by atoms with Crippen molar-refractivity contribution in [2.24, 2.45) is 5.73 Å². The quantitative estimate of drug-likeness (QED) is 0.850. The van der Waals surface area contributed by atoms with Crippen molar-refractivity contribution >= 4 is 0 Å². The molecule has 0 bridgehead atoms.